The van der Waals surface area contributed by atoms with Gasteiger partial charge in [-0.1, -0.05) is 0 Å². The molecule has 1 heterocycles. The predicted molar refractivity (Wildman–Crippen MR) is 73.1 cm³/mol. The third-order valence-electron chi connectivity index (χ3n) is 2.55. The van der Waals surface area contributed by atoms with Gasteiger partial charge >= 0.3 is 110 Å². The molecule has 0 aliphatic rings. The summed E-state index contributed by atoms with van der Waals surface area (Å²) < 4.78 is 1.99. The molecule has 0 radical (unpaired) electrons. The van der Waals surface area contributed by atoms with Gasteiger partial charge in [-0.25, -0.2) is 0 Å². The van der Waals surface area contributed by atoms with Gasteiger partial charge in [0.25, 0.3) is 0 Å². The van der Waals surface area contributed by atoms with Crippen molar-refractivity contribution < 1.29 is 4.79 Å². The molecule has 18 heavy (non-hydrogen) atoms. The maximum absolute atomic E-state index is 12.0. The first-order valence-electron chi connectivity index (χ1n) is 5.55. The van der Waals surface area contributed by atoms with E-state index in [9.17, 15) is 4.79 Å². The Balaban J connectivity index is 1.86. The third-order valence-corrected chi connectivity index (χ3v) is 4.55. The quantitative estimate of drug-likeness (QED) is 0.739. The minimum atomic E-state index is -0.0935. The molecular weight excluding hydrogens is 291 g/mol. The van der Waals surface area contributed by atoms with Crippen LogP contribution in [0.25, 0.3) is 9.78 Å². The Kier molecular flexibility index (Phi) is 2.97. The average Bonchev–Trinajstić information content (AvgIpc) is 2.82. The topological polar surface area (TPSA) is 42.0 Å². The molecule has 1 amide bonds. The molecule has 1 N–H and O–H groups in total. The molecule has 0 fully saturated rings. The van der Waals surface area contributed by atoms with Crippen LogP contribution in [0.1, 0.15) is 10.4 Å². The summed E-state index contributed by atoms with van der Waals surface area (Å²) in [7, 11) is 0. The van der Waals surface area contributed by atoms with E-state index in [1.54, 1.807) is 12.1 Å². The molecule has 0 aliphatic heterocycles. The zero-order valence-electron chi connectivity index (χ0n) is 9.46. The van der Waals surface area contributed by atoms with E-state index < -0.39 is 0 Å². The van der Waals surface area contributed by atoms with E-state index in [2.05, 4.69) is 16.4 Å². The minimum absolute atomic E-state index is 0.0935. The third kappa shape index (κ3) is 2.21. The van der Waals surface area contributed by atoms with Crippen molar-refractivity contribution in [1.29, 1.82) is 0 Å². The molecule has 3 nitrogen and oxygen atoms in total. The first-order valence-corrected chi connectivity index (χ1v) is 7.26. The van der Waals surface area contributed by atoms with E-state index in [4.69, 9.17) is 0 Å². The second-order valence-corrected chi connectivity index (χ2v) is 5.97. The molecule has 3 aromatic rings. The number of hydrogen-bond donors (Lipinski definition) is 1. The average molecular weight is 301 g/mol. The molecule has 0 bridgehead atoms. The van der Waals surface area contributed by atoms with E-state index in [1.807, 2.05) is 36.4 Å². The van der Waals surface area contributed by atoms with Gasteiger partial charge in [0, 0.05) is 0 Å². The van der Waals surface area contributed by atoms with Crippen molar-refractivity contribution in [2.75, 3.05) is 5.32 Å². The molecular formula is C14H10N2OSe. The van der Waals surface area contributed by atoms with Crippen molar-refractivity contribution in [2.45, 2.75) is 0 Å². The summed E-state index contributed by atoms with van der Waals surface area (Å²) in [6.45, 7) is 0. The number of amides is 1. The van der Waals surface area contributed by atoms with Gasteiger partial charge in [-0.2, -0.15) is 0 Å². The monoisotopic (exact) mass is 302 g/mol. The number of carbonyl (C=O) groups is 1. The zero-order valence-corrected chi connectivity index (χ0v) is 11.2. The van der Waals surface area contributed by atoms with Crippen molar-refractivity contribution in [2.24, 2.45) is 0 Å². The summed E-state index contributed by atoms with van der Waals surface area (Å²) in [6.07, 6.45) is 0. The molecule has 0 spiro atoms. The van der Waals surface area contributed by atoms with E-state index >= 15 is 0 Å². The van der Waals surface area contributed by atoms with Gasteiger partial charge in [0.1, 0.15) is 0 Å². The molecule has 88 valence electrons. The SMILES string of the molecule is O=C(Nc1nc2ccccc2[se]1)c1ccccc1. The van der Waals surface area contributed by atoms with Gasteiger partial charge in [-0.05, 0) is 0 Å². The molecule has 0 atom stereocenters. The van der Waals surface area contributed by atoms with Gasteiger partial charge in [-0.15, -0.1) is 0 Å². The van der Waals surface area contributed by atoms with Crippen LogP contribution in [-0.2, 0) is 0 Å². The van der Waals surface area contributed by atoms with Crippen LogP contribution < -0.4 is 5.32 Å². The van der Waals surface area contributed by atoms with Crippen LogP contribution in [0, 0.1) is 0 Å². The first-order chi connectivity index (χ1) is 8.83. The summed E-state index contributed by atoms with van der Waals surface area (Å²) in [6, 6.07) is 17.2. The molecule has 3 rings (SSSR count). The number of fused-ring (bicyclic) bond motifs is 1. The van der Waals surface area contributed by atoms with E-state index in [0.717, 1.165) is 10.2 Å². The van der Waals surface area contributed by atoms with Crippen LogP contribution in [-0.4, -0.2) is 25.4 Å². The molecule has 0 aliphatic carbocycles. The van der Waals surface area contributed by atoms with E-state index in [1.165, 1.54) is 4.26 Å². The number of anilines is 1. The second-order valence-electron chi connectivity index (χ2n) is 3.81. The maximum atomic E-state index is 12.0. The molecule has 4 heteroatoms. The molecule has 0 saturated heterocycles. The van der Waals surface area contributed by atoms with Gasteiger partial charge < -0.3 is 0 Å². The number of hydrogen-bond acceptors (Lipinski definition) is 2. The van der Waals surface area contributed by atoms with Gasteiger partial charge in [-0.3, -0.25) is 0 Å². The standard InChI is InChI=1S/C14H10N2OSe/c17-13(10-6-2-1-3-7-10)16-14-15-11-8-4-5-9-12(11)18-14/h1-9H,(H,15,16,17). The van der Waals surface area contributed by atoms with Crippen LogP contribution in [0.4, 0.5) is 4.69 Å². The second kappa shape index (κ2) is 4.76. The predicted octanol–water partition coefficient (Wildman–Crippen LogP) is 2.54. The Morgan fingerprint density at radius 2 is 1.72 bits per heavy atom. The van der Waals surface area contributed by atoms with E-state index in [0.29, 0.717) is 5.56 Å². The van der Waals surface area contributed by atoms with Crippen molar-refractivity contribution in [3.8, 4) is 0 Å². The summed E-state index contributed by atoms with van der Waals surface area (Å²) in [5.41, 5.74) is 1.63. The van der Waals surface area contributed by atoms with Crippen molar-refractivity contribution in [3.05, 3.63) is 60.2 Å². The van der Waals surface area contributed by atoms with Crippen molar-refractivity contribution in [3.63, 3.8) is 0 Å². The van der Waals surface area contributed by atoms with Gasteiger partial charge in [0.05, 0.1) is 0 Å². The van der Waals surface area contributed by atoms with Crippen LogP contribution in [0.2, 0.25) is 0 Å². The number of nitrogens with zero attached hydrogens (tertiary/aromatic N) is 1. The summed E-state index contributed by atoms with van der Waals surface area (Å²) >= 11 is 0.0982. The number of carbonyl (C=O) groups excluding carboxylic acids is 1. The molecule has 1 aromatic heterocycles. The van der Waals surface area contributed by atoms with Gasteiger partial charge in [0.15, 0.2) is 0 Å². The Morgan fingerprint density at radius 1 is 1.00 bits per heavy atom. The Labute approximate surface area is 110 Å². The zero-order chi connectivity index (χ0) is 12.4. The molecule has 0 saturated carbocycles. The summed E-state index contributed by atoms with van der Waals surface area (Å²) in [4.78, 5) is 16.4. The Hall–Kier alpha value is -1.90. The molecule has 0 unspecified atom stereocenters. The first kappa shape index (κ1) is 11.2. The van der Waals surface area contributed by atoms with Crippen LogP contribution in [0.15, 0.2) is 54.6 Å². The van der Waals surface area contributed by atoms with Crippen molar-refractivity contribution in [1.82, 2.24) is 4.98 Å². The summed E-state index contributed by atoms with van der Waals surface area (Å²) in [5.74, 6) is -0.0935. The number of rotatable bonds is 2. The molecule has 2 aromatic carbocycles. The van der Waals surface area contributed by atoms with Crippen LogP contribution in [0.5, 0.6) is 0 Å². The fourth-order valence-corrected chi connectivity index (χ4v) is 3.49. The number of para-hydroxylation sites is 1. The fourth-order valence-electron chi connectivity index (χ4n) is 1.68. The van der Waals surface area contributed by atoms with Gasteiger partial charge in [0.2, 0.25) is 0 Å². The summed E-state index contributed by atoms with van der Waals surface area (Å²) in [5, 5.41) is 2.88. The number of benzene rings is 2. The van der Waals surface area contributed by atoms with Crippen LogP contribution >= 0.6 is 0 Å². The number of aromatic nitrogens is 1. The van der Waals surface area contributed by atoms with Crippen LogP contribution in [0.3, 0.4) is 0 Å². The number of nitrogens with one attached hydrogen (secondary N) is 1. The van der Waals surface area contributed by atoms with Crippen molar-refractivity contribution >= 4 is 34.9 Å². The fraction of sp³-hybridized carbons (Fsp3) is 0. The Morgan fingerprint density at radius 3 is 2.50 bits per heavy atom. The Bertz CT molecular complexity index is 658. The normalized spacial score (nSPS) is 10.4. The van der Waals surface area contributed by atoms with E-state index in [-0.39, 0.29) is 20.4 Å².